The molecule has 0 aliphatic carbocycles. The van der Waals surface area contributed by atoms with E-state index in [2.05, 4.69) is 33.0 Å². The van der Waals surface area contributed by atoms with Gasteiger partial charge in [-0.2, -0.15) is 0 Å². The first-order chi connectivity index (χ1) is 6.18. The van der Waals surface area contributed by atoms with Gasteiger partial charge in [-0.25, -0.2) is 0 Å². The molecule has 0 aromatic rings. The normalized spacial score (nSPS) is 15.7. The van der Waals surface area contributed by atoms with Crippen LogP contribution in [0.2, 0.25) is 0 Å². The first-order valence-electron chi connectivity index (χ1n) is 5.89. The Bertz CT molecular complexity index is 102. The maximum atomic E-state index is 3.48. The molecule has 0 aliphatic rings. The average Bonchev–Trinajstić information content (AvgIpc) is 2.12. The van der Waals surface area contributed by atoms with Crippen molar-refractivity contribution in [2.24, 2.45) is 5.41 Å². The van der Waals surface area contributed by atoms with Crippen molar-refractivity contribution in [1.29, 1.82) is 0 Å². The maximum absolute atomic E-state index is 3.48. The molecule has 1 heteroatoms. The summed E-state index contributed by atoms with van der Waals surface area (Å²) in [5.41, 5.74) is 0.542. The van der Waals surface area contributed by atoms with Gasteiger partial charge in [-0.05, 0) is 24.8 Å². The molecule has 80 valence electrons. The molecule has 13 heavy (non-hydrogen) atoms. The fraction of sp³-hybridized carbons (Fsp3) is 1.00. The SMILES string of the molecule is CCCCC(C)(CCC)CNCC. The van der Waals surface area contributed by atoms with Gasteiger partial charge in [0.15, 0.2) is 0 Å². The second-order valence-corrected chi connectivity index (χ2v) is 4.44. The summed E-state index contributed by atoms with van der Waals surface area (Å²) in [6.45, 7) is 11.5. The number of rotatable bonds is 8. The number of hydrogen-bond acceptors (Lipinski definition) is 1. The van der Waals surface area contributed by atoms with E-state index in [0.717, 1.165) is 6.54 Å². The molecule has 0 rings (SSSR count). The van der Waals surface area contributed by atoms with Gasteiger partial charge >= 0.3 is 0 Å². The van der Waals surface area contributed by atoms with Crippen LogP contribution in [0.4, 0.5) is 0 Å². The lowest BCUT2D eigenvalue weighted by Gasteiger charge is -2.29. The Morgan fingerprint density at radius 1 is 1.00 bits per heavy atom. The number of hydrogen-bond donors (Lipinski definition) is 1. The number of nitrogens with one attached hydrogen (secondary N) is 1. The van der Waals surface area contributed by atoms with E-state index in [0.29, 0.717) is 5.41 Å². The van der Waals surface area contributed by atoms with Crippen molar-refractivity contribution in [3.05, 3.63) is 0 Å². The van der Waals surface area contributed by atoms with Gasteiger partial charge in [0.2, 0.25) is 0 Å². The fourth-order valence-electron chi connectivity index (χ4n) is 1.94. The van der Waals surface area contributed by atoms with Crippen LogP contribution >= 0.6 is 0 Å². The highest BCUT2D eigenvalue weighted by Gasteiger charge is 2.21. The van der Waals surface area contributed by atoms with Gasteiger partial charge in [-0.3, -0.25) is 0 Å². The topological polar surface area (TPSA) is 12.0 Å². The molecule has 0 fully saturated rings. The summed E-state index contributed by atoms with van der Waals surface area (Å²) in [6.07, 6.45) is 6.75. The zero-order valence-corrected chi connectivity index (χ0v) is 9.95. The van der Waals surface area contributed by atoms with Gasteiger partial charge in [0, 0.05) is 6.54 Å². The Balaban J connectivity index is 3.84. The molecule has 0 radical (unpaired) electrons. The Kier molecular flexibility index (Phi) is 7.35. The summed E-state index contributed by atoms with van der Waals surface area (Å²) in [7, 11) is 0. The van der Waals surface area contributed by atoms with Crippen molar-refractivity contribution in [3.8, 4) is 0 Å². The van der Waals surface area contributed by atoms with Gasteiger partial charge in [-0.1, -0.05) is 47.0 Å². The summed E-state index contributed by atoms with van der Waals surface area (Å²) < 4.78 is 0. The third-order valence-electron chi connectivity index (χ3n) is 2.79. The Labute approximate surface area is 84.3 Å². The zero-order chi connectivity index (χ0) is 10.2. The first kappa shape index (κ1) is 13.0. The smallest absolute Gasteiger partial charge is 0.000504 e. The third kappa shape index (κ3) is 6.09. The van der Waals surface area contributed by atoms with Crippen molar-refractivity contribution in [2.45, 2.75) is 59.8 Å². The maximum Gasteiger partial charge on any atom is 0.000504 e. The van der Waals surface area contributed by atoms with Crippen molar-refractivity contribution in [3.63, 3.8) is 0 Å². The van der Waals surface area contributed by atoms with Crippen LogP contribution in [0.5, 0.6) is 0 Å². The predicted octanol–water partition coefficient (Wildman–Crippen LogP) is 3.59. The van der Waals surface area contributed by atoms with Gasteiger partial charge in [0.25, 0.3) is 0 Å². The zero-order valence-electron chi connectivity index (χ0n) is 9.95. The van der Waals surface area contributed by atoms with E-state index in [9.17, 15) is 0 Å². The molecule has 0 aromatic heterocycles. The molecular weight excluding hydrogens is 158 g/mol. The average molecular weight is 185 g/mol. The minimum absolute atomic E-state index is 0.542. The van der Waals surface area contributed by atoms with Crippen LogP contribution < -0.4 is 5.32 Å². The van der Waals surface area contributed by atoms with Gasteiger partial charge in [0.1, 0.15) is 0 Å². The lowest BCUT2D eigenvalue weighted by molar-refractivity contribution is 0.250. The van der Waals surface area contributed by atoms with Crippen LogP contribution in [0.15, 0.2) is 0 Å². The third-order valence-corrected chi connectivity index (χ3v) is 2.79. The van der Waals surface area contributed by atoms with Crippen molar-refractivity contribution < 1.29 is 0 Å². The van der Waals surface area contributed by atoms with E-state index >= 15 is 0 Å². The standard InChI is InChI=1S/C12H27N/c1-5-8-10-12(4,9-6-2)11-13-7-3/h13H,5-11H2,1-4H3. The summed E-state index contributed by atoms with van der Waals surface area (Å²) in [4.78, 5) is 0. The molecule has 0 aliphatic heterocycles. The molecule has 0 aromatic carbocycles. The molecule has 0 saturated heterocycles. The summed E-state index contributed by atoms with van der Waals surface area (Å²) in [5.74, 6) is 0. The molecule has 1 unspecified atom stereocenters. The van der Waals surface area contributed by atoms with Crippen LogP contribution in [0.1, 0.15) is 59.8 Å². The summed E-state index contributed by atoms with van der Waals surface area (Å²) >= 11 is 0. The molecule has 0 bridgehead atoms. The van der Waals surface area contributed by atoms with Crippen LogP contribution in [0.25, 0.3) is 0 Å². The van der Waals surface area contributed by atoms with Crippen molar-refractivity contribution in [2.75, 3.05) is 13.1 Å². The second kappa shape index (κ2) is 7.37. The van der Waals surface area contributed by atoms with E-state index in [1.807, 2.05) is 0 Å². The van der Waals surface area contributed by atoms with Gasteiger partial charge in [-0.15, -0.1) is 0 Å². The van der Waals surface area contributed by atoms with Crippen molar-refractivity contribution in [1.82, 2.24) is 5.32 Å². The highest BCUT2D eigenvalue weighted by atomic mass is 14.9. The van der Waals surface area contributed by atoms with E-state index in [1.165, 1.54) is 38.6 Å². The molecular formula is C12H27N. The number of unbranched alkanes of at least 4 members (excludes halogenated alkanes) is 1. The molecule has 1 N–H and O–H groups in total. The molecule has 0 amide bonds. The van der Waals surface area contributed by atoms with E-state index in [-0.39, 0.29) is 0 Å². The van der Waals surface area contributed by atoms with Crippen LogP contribution in [0, 0.1) is 5.41 Å². The lowest BCUT2D eigenvalue weighted by Crippen LogP contribution is -2.31. The molecule has 1 atom stereocenters. The predicted molar refractivity (Wildman–Crippen MR) is 61.1 cm³/mol. The quantitative estimate of drug-likeness (QED) is 0.609. The first-order valence-corrected chi connectivity index (χ1v) is 5.89. The summed E-state index contributed by atoms with van der Waals surface area (Å²) in [6, 6.07) is 0. The van der Waals surface area contributed by atoms with Gasteiger partial charge in [0.05, 0.1) is 0 Å². The minimum atomic E-state index is 0.542. The Hall–Kier alpha value is -0.0400. The van der Waals surface area contributed by atoms with Crippen LogP contribution in [-0.4, -0.2) is 13.1 Å². The van der Waals surface area contributed by atoms with Crippen LogP contribution in [0.3, 0.4) is 0 Å². The van der Waals surface area contributed by atoms with Crippen molar-refractivity contribution >= 4 is 0 Å². The lowest BCUT2D eigenvalue weighted by atomic mass is 9.80. The van der Waals surface area contributed by atoms with Gasteiger partial charge < -0.3 is 5.32 Å². The minimum Gasteiger partial charge on any atom is -0.316 e. The highest BCUT2D eigenvalue weighted by Crippen LogP contribution is 2.28. The van der Waals surface area contributed by atoms with Crippen LogP contribution in [-0.2, 0) is 0 Å². The largest absolute Gasteiger partial charge is 0.316 e. The monoisotopic (exact) mass is 185 g/mol. The molecule has 1 nitrogen and oxygen atoms in total. The second-order valence-electron chi connectivity index (χ2n) is 4.44. The summed E-state index contributed by atoms with van der Waals surface area (Å²) in [5, 5.41) is 3.48. The molecule has 0 spiro atoms. The Morgan fingerprint density at radius 2 is 1.69 bits per heavy atom. The fourth-order valence-corrected chi connectivity index (χ4v) is 1.94. The Morgan fingerprint density at radius 3 is 2.15 bits per heavy atom. The van der Waals surface area contributed by atoms with E-state index in [1.54, 1.807) is 0 Å². The van der Waals surface area contributed by atoms with E-state index in [4.69, 9.17) is 0 Å². The molecule has 0 saturated carbocycles. The highest BCUT2D eigenvalue weighted by molar-refractivity contribution is 4.76. The van der Waals surface area contributed by atoms with E-state index < -0.39 is 0 Å². The molecule has 0 heterocycles.